The lowest BCUT2D eigenvalue weighted by molar-refractivity contribution is 0.250. The summed E-state index contributed by atoms with van der Waals surface area (Å²) in [6.45, 7) is 8.79. The lowest BCUT2D eigenvalue weighted by atomic mass is 10.1. The van der Waals surface area contributed by atoms with Gasteiger partial charge in [-0.15, -0.1) is 6.42 Å². The normalized spacial score (nSPS) is 11.7. The molecule has 0 atom stereocenters. The lowest BCUT2D eigenvalue weighted by Crippen LogP contribution is -2.45. The van der Waals surface area contributed by atoms with Gasteiger partial charge in [-0.3, -0.25) is 4.90 Å². The molecule has 12 heavy (non-hydrogen) atoms. The van der Waals surface area contributed by atoms with E-state index in [0.717, 1.165) is 19.5 Å². The van der Waals surface area contributed by atoms with E-state index < -0.39 is 0 Å². The molecule has 0 aromatic heterocycles. The van der Waals surface area contributed by atoms with Crippen molar-refractivity contribution in [3.8, 4) is 12.3 Å². The topological polar surface area (TPSA) is 29.3 Å². The van der Waals surface area contributed by atoms with E-state index in [2.05, 4.69) is 17.7 Å². The minimum absolute atomic E-state index is 0.147. The molecule has 0 aliphatic carbocycles. The summed E-state index contributed by atoms with van der Waals surface area (Å²) in [6.07, 6.45) is 6.37. The largest absolute Gasteiger partial charge is 0.324 e. The molecule has 0 aromatic carbocycles. The van der Waals surface area contributed by atoms with Gasteiger partial charge in [0.05, 0.1) is 6.54 Å². The van der Waals surface area contributed by atoms with Crippen LogP contribution in [-0.4, -0.2) is 30.1 Å². The van der Waals surface area contributed by atoms with Gasteiger partial charge in [-0.25, -0.2) is 0 Å². The Morgan fingerprint density at radius 3 is 2.42 bits per heavy atom. The van der Waals surface area contributed by atoms with Crippen LogP contribution in [0.15, 0.2) is 0 Å². The van der Waals surface area contributed by atoms with Crippen LogP contribution in [0.4, 0.5) is 0 Å². The first-order chi connectivity index (χ1) is 5.49. The van der Waals surface area contributed by atoms with Crippen molar-refractivity contribution in [3.63, 3.8) is 0 Å². The Labute approximate surface area is 76.1 Å². The number of hydrogen-bond acceptors (Lipinski definition) is 2. The van der Waals surface area contributed by atoms with Crippen molar-refractivity contribution in [2.45, 2.75) is 32.7 Å². The molecule has 0 aliphatic rings. The summed E-state index contributed by atoms with van der Waals surface area (Å²) in [7, 11) is 0. The molecule has 0 heterocycles. The second-order valence-electron chi connectivity index (χ2n) is 3.90. The zero-order valence-corrected chi connectivity index (χ0v) is 8.43. The van der Waals surface area contributed by atoms with Crippen molar-refractivity contribution in [2.75, 3.05) is 19.6 Å². The van der Waals surface area contributed by atoms with E-state index in [-0.39, 0.29) is 5.54 Å². The molecule has 0 amide bonds. The van der Waals surface area contributed by atoms with Gasteiger partial charge in [0.25, 0.3) is 0 Å². The Morgan fingerprint density at radius 2 is 2.08 bits per heavy atom. The fraction of sp³-hybridized carbons (Fsp3) is 0.800. The van der Waals surface area contributed by atoms with E-state index in [1.165, 1.54) is 0 Å². The van der Waals surface area contributed by atoms with E-state index in [4.69, 9.17) is 12.2 Å². The van der Waals surface area contributed by atoms with Crippen LogP contribution in [0, 0.1) is 12.3 Å². The SMILES string of the molecule is C#CCN(CCC)CC(C)(C)N. The van der Waals surface area contributed by atoms with Gasteiger partial charge in [0, 0.05) is 12.1 Å². The van der Waals surface area contributed by atoms with Crippen LogP contribution in [0.1, 0.15) is 27.2 Å². The minimum atomic E-state index is -0.147. The minimum Gasteiger partial charge on any atom is -0.324 e. The molecule has 2 N–H and O–H groups in total. The molecule has 0 unspecified atom stereocenters. The summed E-state index contributed by atoms with van der Waals surface area (Å²) in [5, 5.41) is 0. The summed E-state index contributed by atoms with van der Waals surface area (Å²) >= 11 is 0. The fourth-order valence-corrected chi connectivity index (χ4v) is 1.24. The first kappa shape index (κ1) is 11.5. The third kappa shape index (κ3) is 6.21. The van der Waals surface area contributed by atoms with Gasteiger partial charge in [-0.2, -0.15) is 0 Å². The van der Waals surface area contributed by atoms with Gasteiger partial charge in [0.15, 0.2) is 0 Å². The van der Waals surface area contributed by atoms with Gasteiger partial charge in [-0.05, 0) is 26.8 Å². The Morgan fingerprint density at radius 1 is 1.50 bits per heavy atom. The molecule has 0 saturated carbocycles. The van der Waals surface area contributed by atoms with Crippen LogP contribution in [0.2, 0.25) is 0 Å². The molecule has 0 spiro atoms. The molecule has 0 saturated heterocycles. The van der Waals surface area contributed by atoms with Crippen LogP contribution in [0.3, 0.4) is 0 Å². The standard InChI is InChI=1S/C10H20N2/c1-5-7-12(8-6-2)9-10(3,4)11/h1H,6-9,11H2,2-4H3. The van der Waals surface area contributed by atoms with Crippen molar-refractivity contribution in [3.05, 3.63) is 0 Å². The summed E-state index contributed by atoms with van der Waals surface area (Å²) in [4.78, 5) is 2.21. The molecular formula is C10H20N2. The van der Waals surface area contributed by atoms with Gasteiger partial charge >= 0.3 is 0 Å². The fourth-order valence-electron chi connectivity index (χ4n) is 1.24. The lowest BCUT2D eigenvalue weighted by Gasteiger charge is -2.27. The monoisotopic (exact) mass is 168 g/mol. The van der Waals surface area contributed by atoms with Crippen LogP contribution >= 0.6 is 0 Å². The van der Waals surface area contributed by atoms with Crippen molar-refractivity contribution < 1.29 is 0 Å². The molecule has 0 aromatic rings. The van der Waals surface area contributed by atoms with Crippen LogP contribution in [0.25, 0.3) is 0 Å². The summed E-state index contributed by atoms with van der Waals surface area (Å²) in [5.74, 6) is 2.65. The van der Waals surface area contributed by atoms with Gasteiger partial charge in [0.2, 0.25) is 0 Å². The van der Waals surface area contributed by atoms with Gasteiger partial charge in [-0.1, -0.05) is 12.8 Å². The number of rotatable bonds is 5. The van der Waals surface area contributed by atoms with Crippen molar-refractivity contribution in [1.82, 2.24) is 4.90 Å². The van der Waals surface area contributed by atoms with E-state index in [9.17, 15) is 0 Å². The van der Waals surface area contributed by atoms with Gasteiger partial charge in [0.1, 0.15) is 0 Å². The second kappa shape index (κ2) is 5.18. The van der Waals surface area contributed by atoms with Crippen LogP contribution in [-0.2, 0) is 0 Å². The summed E-state index contributed by atoms with van der Waals surface area (Å²) < 4.78 is 0. The molecular weight excluding hydrogens is 148 g/mol. The van der Waals surface area contributed by atoms with E-state index >= 15 is 0 Å². The molecule has 2 heteroatoms. The van der Waals surface area contributed by atoms with Crippen LogP contribution in [0.5, 0.6) is 0 Å². The number of nitrogens with zero attached hydrogens (tertiary/aromatic N) is 1. The summed E-state index contributed by atoms with van der Waals surface area (Å²) in [6, 6.07) is 0. The average Bonchev–Trinajstić information content (AvgIpc) is 1.84. The molecule has 0 aliphatic heterocycles. The molecule has 0 fully saturated rings. The Hall–Kier alpha value is -0.520. The maximum Gasteiger partial charge on any atom is 0.0599 e. The van der Waals surface area contributed by atoms with Crippen molar-refractivity contribution >= 4 is 0 Å². The maximum absolute atomic E-state index is 5.89. The zero-order chi connectivity index (χ0) is 9.61. The Bertz CT molecular complexity index is 150. The Balaban J connectivity index is 3.88. The maximum atomic E-state index is 5.89. The molecule has 70 valence electrons. The third-order valence-electron chi connectivity index (χ3n) is 1.49. The molecule has 0 radical (unpaired) electrons. The highest BCUT2D eigenvalue weighted by Gasteiger charge is 2.14. The number of terminal acetylenes is 1. The number of hydrogen-bond donors (Lipinski definition) is 1. The van der Waals surface area contributed by atoms with Crippen LogP contribution < -0.4 is 5.73 Å². The predicted molar refractivity (Wildman–Crippen MR) is 53.8 cm³/mol. The van der Waals surface area contributed by atoms with Crippen molar-refractivity contribution in [2.24, 2.45) is 5.73 Å². The highest BCUT2D eigenvalue weighted by molar-refractivity contribution is 4.90. The van der Waals surface area contributed by atoms with E-state index in [1.807, 2.05) is 13.8 Å². The predicted octanol–water partition coefficient (Wildman–Crippen LogP) is 1.07. The van der Waals surface area contributed by atoms with Gasteiger partial charge < -0.3 is 5.73 Å². The van der Waals surface area contributed by atoms with E-state index in [0.29, 0.717) is 6.54 Å². The smallest absolute Gasteiger partial charge is 0.0599 e. The first-order valence-electron chi connectivity index (χ1n) is 4.44. The van der Waals surface area contributed by atoms with E-state index in [1.54, 1.807) is 0 Å². The molecule has 0 rings (SSSR count). The molecule has 2 nitrogen and oxygen atoms in total. The first-order valence-corrected chi connectivity index (χ1v) is 4.44. The highest BCUT2D eigenvalue weighted by Crippen LogP contribution is 2.01. The molecule has 0 bridgehead atoms. The number of nitrogens with two attached hydrogens (primary N) is 1. The van der Waals surface area contributed by atoms with Crippen molar-refractivity contribution in [1.29, 1.82) is 0 Å². The quantitative estimate of drug-likeness (QED) is 0.622. The highest BCUT2D eigenvalue weighted by atomic mass is 15.1. The Kier molecular flexibility index (Phi) is 4.96. The summed E-state index contributed by atoms with van der Waals surface area (Å²) in [5.41, 5.74) is 5.74. The second-order valence-corrected chi connectivity index (χ2v) is 3.90. The third-order valence-corrected chi connectivity index (χ3v) is 1.49. The average molecular weight is 168 g/mol. The zero-order valence-electron chi connectivity index (χ0n) is 8.43.